The number of anilines is 1. The van der Waals surface area contributed by atoms with Gasteiger partial charge in [0.05, 0.1) is 5.56 Å². The standard InChI is InChI=1S/C15H19FN2O3/c1-9(20)17-11-4-5-13(16)12(8-11)15(21)18-14(6-7-19)10-2-3-10/h4-5,8,10,14,19H,2-3,6-7H2,1H3,(H,17,20)(H,18,21). The van der Waals surface area contributed by atoms with E-state index in [1.165, 1.54) is 19.1 Å². The summed E-state index contributed by atoms with van der Waals surface area (Å²) in [6.45, 7) is 1.32. The van der Waals surface area contributed by atoms with Crippen molar-refractivity contribution in [2.75, 3.05) is 11.9 Å². The molecule has 114 valence electrons. The van der Waals surface area contributed by atoms with E-state index in [2.05, 4.69) is 10.6 Å². The van der Waals surface area contributed by atoms with Crippen molar-refractivity contribution in [1.82, 2.24) is 5.32 Å². The van der Waals surface area contributed by atoms with E-state index in [0.29, 0.717) is 18.0 Å². The monoisotopic (exact) mass is 294 g/mol. The Balaban J connectivity index is 2.11. The molecule has 0 bridgehead atoms. The molecule has 2 amide bonds. The van der Waals surface area contributed by atoms with E-state index in [1.807, 2.05) is 0 Å². The number of halogens is 1. The van der Waals surface area contributed by atoms with Crippen molar-refractivity contribution in [1.29, 1.82) is 0 Å². The van der Waals surface area contributed by atoms with Gasteiger partial charge >= 0.3 is 0 Å². The van der Waals surface area contributed by atoms with E-state index in [9.17, 15) is 14.0 Å². The second-order valence-corrected chi connectivity index (χ2v) is 5.31. The van der Waals surface area contributed by atoms with Crippen molar-refractivity contribution in [2.24, 2.45) is 5.92 Å². The Labute approximate surface area is 122 Å². The number of benzene rings is 1. The van der Waals surface area contributed by atoms with Crippen LogP contribution in [0.15, 0.2) is 18.2 Å². The Hall–Kier alpha value is -1.95. The average Bonchev–Trinajstić information content (AvgIpc) is 3.24. The van der Waals surface area contributed by atoms with Crippen LogP contribution in [0.1, 0.15) is 36.5 Å². The van der Waals surface area contributed by atoms with E-state index < -0.39 is 11.7 Å². The first-order valence-electron chi connectivity index (χ1n) is 7.00. The highest BCUT2D eigenvalue weighted by Crippen LogP contribution is 2.34. The van der Waals surface area contributed by atoms with Crippen LogP contribution in [0.5, 0.6) is 0 Å². The minimum Gasteiger partial charge on any atom is -0.396 e. The summed E-state index contributed by atoms with van der Waals surface area (Å²) >= 11 is 0. The van der Waals surface area contributed by atoms with Crippen LogP contribution >= 0.6 is 0 Å². The van der Waals surface area contributed by atoms with E-state index in [4.69, 9.17) is 5.11 Å². The summed E-state index contributed by atoms with van der Waals surface area (Å²) < 4.78 is 13.8. The Morgan fingerprint density at radius 2 is 2.14 bits per heavy atom. The number of rotatable bonds is 6. The van der Waals surface area contributed by atoms with Gasteiger partial charge in [0.1, 0.15) is 5.82 Å². The molecule has 3 N–H and O–H groups in total. The Bertz CT molecular complexity index is 544. The van der Waals surface area contributed by atoms with Gasteiger partial charge in [0.25, 0.3) is 5.91 Å². The van der Waals surface area contributed by atoms with E-state index in [-0.39, 0.29) is 24.1 Å². The molecule has 0 aromatic heterocycles. The maximum absolute atomic E-state index is 13.8. The van der Waals surface area contributed by atoms with E-state index >= 15 is 0 Å². The summed E-state index contributed by atoms with van der Waals surface area (Å²) in [5, 5.41) is 14.3. The first-order chi connectivity index (χ1) is 10.0. The molecule has 1 saturated carbocycles. The Morgan fingerprint density at radius 3 is 2.71 bits per heavy atom. The second kappa shape index (κ2) is 6.67. The van der Waals surface area contributed by atoms with Crippen molar-refractivity contribution >= 4 is 17.5 Å². The maximum Gasteiger partial charge on any atom is 0.254 e. The molecule has 1 unspecified atom stereocenters. The number of nitrogens with one attached hydrogen (secondary N) is 2. The van der Waals surface area contributed by atoms with Gasteiger partial charge in [0.15, 0.2) is 0 Å². The molecular formula is C15H19FN2O3. The molecular weight excluding hydrogens is 275 g/mol. The molecule has 2 rings (SSSR count). The Morgan fingerprint density at radius 1 is 1.43 bits per heavy atom. The number of carbonyl (C=O) groups is 2. The fourth-order valence-electron chi connectivity index (χ4n) is 2.29. The number of amides is 2. The molecule has 0 radical (unpaired) electrons. The Kier molecular flexibility index (Phi) is 4.90. The predicted octanol–water partition coefficient (Wildman–Crippen LogP) is 1.67. The van der Waals surface area contributed by atoms with E-state index in [1.54, 1.807) is 0 Å². The van der Waals surface area contributed by atoms with Crippen molar-refractivity contribution in [3.8, 4) is 0 Å². The molecule has 1 atom stereocenters. The highest BCUT2D eigenvalue weighted by atomic mass is 19.1. The molecule has 0 heterocycles. The second-order valence-electron chi connectivity index (χ2n) is 5.31. The normalized spacial score (nSPS) is 15.4. The SMILES string of the molecule is CC(=O)Nc1ccc(F)c(C(=O)NC(CCO)C2CC2)c1. The zero-order valence-electron chi connectivity index (χ0n) is 11.9. The van der Waals surface area contributed by atoms with Crippen LogP contribution in [0.2, 0.25) is 0 Å². The van der Waals surface area contributed by atoms with Gasteiger partial charge in [0.2, 0.25) is 5.91 Å². The molecule has 0 aliphatic heterocycles. The first-order valence-corrected chi connectivity index (χ1v) is 7.00. The molecule has 1 aromatic carbocycles. The number of hydrogen-bond donors (Lipinski definition) is 3. The van der Waals surface area contributed by atoms with Crippen LogP contribution in [0, 0.1) is 11.7 Å². The summed E-state index contributed by atoms with van der Waals surface area (Å²) in [5.74, 6) is -1.09. The van der Waals surface area contributed by atoms with Crippen LogP contribution < -0.4 is 10.6 Å². The van der Waals surface area contributed by atoms with Crippen LogP contribution in [0.25, 0.3) is 0 Å². The number of hydrogen-bond acceptors (Lipinski definition) is 3. The van der Waals surface area contributed by atoms with Gasteiger partial charge in [0, 0.05) is 25.3 Å². The fourth-order valence-corrected chi connectivity index (χ4v) is 2.29. The van der Waals surface area contributed by atoms with Crippen molar-refractivity contribution < 1.29 is 19.1 Å². The molecule has 6 heteroatoms. The maximum atomic E-state index is 13.8. The van der Waals surface area contributed by atoms with Crippen molar-refractivity contribution in [3.63, 3.8) is 0 Å². The van der Waals surface area contributed by atoms with Gasteiger partial charge in [-0.15, -0.1) is 0 Å². The van der Waals surface area contributed by atoms with Crippen molar-refractivity contribution in [2.45, 2.75) is 32.2 Å². The molecule has 21 heavy (non-hydrogen) atoms. The highest BCUT2D eigenvalue weighted by Gasteiger charge is 2.32. The quantitative estimate of drug-likeness (QED) is 0.747. The topological polar surface area (TPSA) is 78.4 Å². The minimum absolute atomic E-state index is 0.0180. The van der Waals surface area contributed by atoms with Gasteiger partial charge in [-0.2, -0.15) is 0 Å². The molecule has 1 aromatic rings. The third-order valence-corrected chi connectivity index (χ3v) is 3.48. The summed E-state index contributed by atoms with van der Waals surface area (Å²) in [6, 6.07) is 3.73. The number of aliphatic hydroxyl groups is 1. The van der Waals surface area contributed by atoms with Gasteiger partial charge in [-0.3, -0.25) is 9.59 Å². The van der Waals surface area contributed by atoms with Gasteiger partial charge in [-0.1, -0.05) is 0 Å². The third kappa shape index (κ3) is 4.26. The number of aliphatic hydroxyl groups excluding tert-OH is 1. The first kappa shape index (κ1) is 15.4. The molecule has 5 nitrogen and oxygen atoms in total. The lowest BCUT2D eigenvalue weighted by Gasteiger charge is -2.17. The largest absolute Gasteiger partial charge is 0.396 e. The molecule has 0 saturated heterocycles. The smallest absolute Gasteiger partial charge is 0.254 e. The lowest BCUT2D eigenvalue weighted by molar-refractivity contribution is -0.114. The molecule has 0 spiro atoms. The van der Waals surface area contributed by atoms with Gasteiger partial charge in [-0.05, 0) is 43.4 Å². The summed E-state index contributed by atoms with van der Waals surface area (Å²) in [7, 11) is 0. The van der Waals surface area contributed by atoms with Crippen LogP contribution in [0.3, 0.4) is 0 Å². The molecule has 1 aliphatic rings. The summed E-state index contributed by atoms with van der Waals surface area (Å²) in [4.78, 5) is 23.2. The lowest BCUT2D eigenvalue weighted by Crippen LogP contribution is -2.37. The number of carbonyl (C=O) groups excluding carboxylic acids is 2. The highest BCUT2D eigenvalue weighted by molar-refractivity contribution is 5.97. The van der Waals surface area contributed by atoms with Gasteiger partial charge < -0.3 is 15.7 Å². The average molecular weight is 294 g/mol. The van der Waals surface area contributed by atoms with Gasteiger partial charge in [-0.25, -0.2) is 4.39 Å². The van der Waals surface area contributed by atoms with Crippen LogP contribution in [-0.2, 0) is 4.79 Å². The minimum atomic E-state index is -0.639. The van der Waals surface area contributed by atoms with Crippen LogP contribution in [0.4, 0.5) is 10.1 Å². The third-order valence-electron chi connectivity index (χ3n) is 3.48. The zero-order chi connectivity index (χ0) is 15.4. The van der Waals surface area contributed by atoms with Crippen LogP contribution in [-0.4, -0.2) is 29.6 Å². The molecule has 1 aliphatic carbocycles. The zero-order valence-corrected chi connectivity index (χ0v) is 11.9. The summed E-state index contributed by atoms with van der Waals surface area (Å²) in [5.41, 5.74) is 0.268. The van der Waals surface area contributed by atoms with E-state index in [0.717, 1.165) is 18.9 Å². The fraction of sp³-hybridized carbons (Fsp3) is 0.467. The molecule has 1 fully saturated rings. The lowest BCUT2D eigenvalue weighted by atomic mass is 10.1. The summed E-state index contributed by atoms with van der Waals surface area (Å²) in [6.07, 6.45) is 2.49. The van der Waals surface area contributed by atoms with Crippen molar-refractivity contribution in [3.05, 3.63) is 29.6 Å². The predicted molar refractivity (Wildman–Crippen MR) is 76.4 cm³/mol.